The number of carbonyl (C=O) groups excluding carboxylic acids is 2. The van der Waals surface area contributed by atoms with Crippen LogP contribution in [0.2, 0.25) is 0 Å². The van der Waals surface area contributed by atoms with Crippen molar-refractivity contribution in [1.82, 2.24) is 0 Å². The summed E-state index contributed by atoms with van der Waals surface area (Å²) in [4.78, 5) is 23.3. The maximum absolute atomic E-state index is 11.8. The van der Waals surface area contributed by atoms with Gasteiger partial charge in [-0.05, 0) is 11.6 Å². The van der Waals surface area contributed by atoms with Gasteiger partial charge < -0.3 is 5.32 Å². The van der Waals surface area contributed by atoms with Crippen LogP contribution in [0.4, 0.5) is 5.69 Å². The lowest BCUT2D eigenvalue weighted by Gasteiger charge is -2.19. The van der Waals surface area contributed by atoms with Crippen LogP contribution >= 0.6 is 0 Å². The first kappa shape index (κ1) is 10.7. The molecule has 1 amide bonds. The van der Waals surface area contributed by atoms with Crippen molar-refractivity contribution in [3.63, 3.8) is 0 Å². The minimum absolute atomic E-state index is 0.0642. The van der Waals surface area contributed by atoms with E-state index in [9.17, 15) is 9.59 Å². The number of benzene rings is 2. The summed E-state index contributed by atoms with van der Waals surface area (Å²) in [6, 6.07) is 15.2. The fraction of sp³-hybridized carbons (Fsp3) is 0.0667. The van der Waals surface area contributed by atoms with E-state index < -0.39 is 0 Å². The molecule has 0 bridgehead atoms. The van der Waals surface area contributed by atoms with Crippen LogP contribution in [-0.2, 0) is 4.79 Å². The molecule has 1 N–H and O–H groups in total. The summed E-state index contributed by atoms with van der Waals surface area (Å²) in [7, 11) is 0. The zero-order valence-electron chi connectivity index (χ0n) is 9.64. The van der Waals surface area contributed by atoms with Crippen LogP contribution in [0.1, 0.15) is 16.8 Å². The number of ketones is 1. The van der Waals surface area contributed by atoms with Crippen molar-refractivity contribution in [1.29, 1.82) is 0 Å². The highest BCUT2D eigenvalue weighted by atomic mass is 16.2. The summed E-state index contributed by atoms with van der Waals surface area (Å²) in [6.45, 7) is 0. The van der Waals surface area contributed by atoms with E-state index in [-0.39, 0.29) is 18.1 Å². The molecule has 2 aromatic carbocycles. The highest BCUT2D eigenvalue weighted by molar-refractivity contribution is 6.20. The van der Waals surface area contributed by atoms with Gasteiger partial charge in [0.2, 0.25) is 5.91 Å². The fourth-order valence-corrected chi connectivity index (χ4v) is 2.20. The second-order valence-electron chi connectivity index (χ2n) is 4.24. The zero-order chi connectivity index (χ0) is 12.5. The molecule has 0 saturated heterocycles. The predicted molar refractivity (Wildman–Crippen MR) is 69.5 cm³/mol. The van der Waals surface area contributed by atoms with Gasteiger partial charge in [-0.1, -0.05) is 42.5 Å². The molecule has 0 aromatic heterocycles. The van der Waals surface area contributed by atoms with E-state index in [2.05, 4.69) is 5.32 Å². The molecule has 0 spiro atoms. The van der Waals surface area contributed by atoms with Gasteiger partial charge >= 0.3 is 0 Å². The number of nitrogens with one attached hydrogen (secondary N) is 1. The highest BCUT2D eigenvalue weighted by Gasteiger charge is 2.24. The van der Waals surface area contributed by atoms with Crippen molar-refractivity contribution < 1.29 is 9.59 Å². The third-order valence-electron chi connectivity index (χ3n) is 3.04. The molecule has 1 aliphatic rings. The van der Waals surface area contributed by atoms with E-state index in [1.54, 1.807) is 6.07 Å². The normalized spacial score (nSPS) is 14.0. The molecule has 0 unspecified atom stereocenters. The number of Topliss-reactive ketones (excluding diaryl/α,β-unsaturated/α-hetero) is 1. The van der Waals surface area contributed by atoms with Crippen molar-refractivity contribution >= 4 is 17.4 Å². The van der Waals surface area contributed by atoms with Gasteiger partial charge in [-0.15, -0.1) is 0 Å². The van der Waals surface area contributed by atoms with Gasteiger partial charge in [-0.3, -0.25) is 9.59 Å². The average molecular weight is 237 g/mol. The molecular formula is C15H11NO2. The quantitative estimate of drug-likeness (QED) is 0.775. The number of carbonyl (C=O) groups is 2. The Hall–Kier alpha value is -2.42. The summed E-state index contributed by atoms with van der Waals surface area (Å²) in [5.41, 5.74) is 3.10. The number of para-hydroxylation sites is 1. The molecule has 3 heteroatoms. The molecule has 3 nitrogen and oxygen atoms in total. The summed E-state index contributed by atoms with van der Waals surface area (Å²) in [5.74, 6) is -0.359. The Morgan fingerprint density at radius 2 is 1.56 bits per heavy atom. The Morgan fingerprint density at radius 3 is 2.33 bits per heavy atom. The minimum atomic E-state index is -0.240. The Morgan fingerprint density at radius 1 is 0.833 bits per heavy atom. The molecule has 1 aliphatic heterocycles. The first-order valence-corrected chi connectivity index (χ1v) is 5.77. The Balaban J connectivity index is 2.21. The third-order valence-corrected chi connectivity index (χ3v) is 3.04. The van der Waals surface area contributed by atoms with E-state index in [0.29, 0.717) is 11.3 Å². The maximum atomic E-state index is 11.8. The average Bonchev–Trinajstić information content (AvgIpc) is 2.39. The van der Waals surface area contributed by atoms with Crippen LogP contribution in [0.25, 0.3) is 11.1 Å². The first-order chi connectivity index (χ1) is 8.75. The first-order valence-electron chi connectivity index (χ1n) is 5.77. The topological polar surface area (TPSA) is 46.2 Å². The zero-order valence-corrected chi connectivity index (χ0v) is 9.64. The molecule has 2 aromatic rings. The van der Waals surface area contributed by atoms with Crippen molar-refractivity contribution in [2.75, 3.05) is 5.32 Å². The van der Waals surface area contributed by atoms with Crippen LogP contribution < -0.4 is 5.32 Å². The van der Waals surface area contributed by atoms with Gasteiger partial charge in [0, 0.05) is 11.1 Å². The van der Waals surface area contributed by atoms with Gasteiger partial charge in [0.05, 0.1) is 12.1 Å². The molecular weight excluding hydrogens is 226 g/mol. The Labute approximate surface area is 104 Å². The van der Waals surface area contributed by atoms with Gasteiger partial charge in [-0.25, -0.2) is 0 Å². The number of rotatable bonds is 1. The second kappa shape index (κ2) is 4.11. The lowest BCUT2D eigenvalue weighted by Crippen LogP contribution is -2.24. The summed E-state index contributed by atoms with van der Waals surface area (Å²) in [6.07, 6.45) is -0.0642. The van der Waals surface area contributed by atoms with Crippen molar-refractivity contribution in [2.24, 2.45) is 0 Å². The Kier molecular flexibility index (Phi) is 2.45. The molecule has 18 heavy (non-hydrogen) atoms. The van der Waals surface area contributed by atoms with Crippen LogP contribution in [0.5, 0.6) is 0 Å². The van der Waals surface area contributed by atoms with E-state index in [0.717, 1.165) is 11.1 Å². The monoisotopic (exact) mass is 237 g/mol. The van der Waals surface area contributed by atoms with Gasteiger partial charge in [0.1, 0.15) is 0 Å². The lowest BCUT2D eigenvalue weighted by atomic mass is 9.94. The van der Waals surface area contributed by atoms with Gasteiger partial charge in [-0.2, -0.15) is 0 Å². The van der Waals surface area contributed by atoms with Crippen molar-refractivity contribution in [3.05, 3.63) is 54.1 Å². The number of hydrogen-bond donors (Lipinski definition) is 1. The summed E-state index contributed by atoms with van der Waals surface area (Å²) in [5, 5.41) is 2.80. The Bertz CT molecular complexity index is 632. The molecule has 88 valence electrons. The highest BCUT2D eigenvalue weighted by Crippen LogP contribution is 2.33. The van der Waals surface area contributed by atoms with Crippen LogP contribution in [-0.4, -0.2) is 11.7 Å². The smallest absolute Gasteiger partial charge is 0.232 e. The predicted octanol–water partition coefficient (Wildman–Crippen LogP) is 2.88. The summed E-state index contributed by atoms with van der Waals surface area (Å²) >= 11 is 0. The SMILES string of the molecule is O=C1CC(=O)c2cccc(-c3ccccc3)c2N1. The molecule has 1 heterocycles. The standard InChI is InChI=1S/C15H11NO2/c17-13-9-14(18)16-15-11(7-4-8-12(13)15)10-5-2-1-3-6-10/h1-8H,9H2,(H,16,18). The maximum Gasteiger partial charge on any atom is 0.232 e. The summed E-state index contributed by atoms with van der Waals surface area (Å²) < 4.78 is 0. The lowest BCUT2D eigenvalue weighted by molar-refractivity contribution is -0.115. The van der Waals surface area contributed by atoms with E-state index in [1.165, 1.54) is 0 Å². The minimum Gasteiger partial charge on any atom is -0.324 e. The van der Waals surface area contributed by atoms with Crippen LogP contribution in [0.15, 0.2) is 48.5 Å². The molecule has 0 saturated carbocycles. The molecule has 0 atom stereocenters. The molecule has 3 rings (SSSR count). The van der Waals surface area contributed by atoms with Gasteiger partial charge in [0.25, 0.3) is 0 Å². The van der Waals surface area contributed by atoms with E-state index >= 15 is 0 Å². The van der Waals surface area contributed by atoms with Gasteiger partial charge in [0.15, 0.2) is 5.78 Å². The number of amides is 1. The molecule has 0 aliphatic carbocycles. The third kappa shape index (κ3) is 1.70. The van der Waals surface area contributed by atoms with Crippen LogP contribution in [0.3, 0.4) is 0 Å². The largest absolute Gasteiger partial charge is 0.324 e. The van der Waals surface area contributed by atoms with E-state index in [4.69, 9.17) is 0 Å². The fourth-order valence-electron chi connectivity index (χ4n) is 2.20. The molecule has 0 fully saturated rings. The van der Waals surface area contributed by atoms with Crippen molar-refractivity contribution in [2.45, 2.75) is 6.42 Å². The second-order valence-corrected chi connectivity index (χ2v) is 4.24. The van der Waals surface area contributed by atoms with Crippen molar-refractivity contribution in [3.8, 4) is 11.1 Å². The number of fused-ring (bicyclic) bond motifs is 1. The van der Waals surface area contributed by atoms with Crippen LogP contribution in [0, 0.1) is 0 Å². The number of anilines is 1. The molecule has 0 radical (unpaired) electrons. The van der Waals surface area contributed by atoms with E-state index in [1.807, 2.05) is 42.5 Å². The number of hydrogen-bond acceptors (Lipinski definition) is 2.